The molecule has 0 amide bonds. The molecule has 0 aliphatic rings. The molecular weight excluding hydrogens is 290 g/mol. The summed E-state index contributed by atoms with van der Waals surface area (Å²) in [6.45, 7) is 0. The highest BCUT2D eigenvalue weighted by molar-refractivity contribution is 7.10. The van der Waals surface area contributed by atoms with Crippen molar-refractivity contribution in [3.05, 3.63) is 75.6 Å². The Morgan fingerprint density at radius 1 is 1.00 bits per heavy atom. The molecule has 20 heavy (non-hydrogen) atoms. The molecule has 0 radical (unpaired) electrons. The second kappa shape index (κ2) is 5.75. The van der Waals surface area contributed by atoms with Crippen LogP contribution in [0.5, 0.6) is 0 Å². The first kappa shape index (κ1) is 13.3. The Bertz CT molecular complexity index is 711. The number of rotatable bonds is 3. The van der Waals surface area contributed by atoms with E-state index >= 15 is 0 Å². The number of aromatic nitrogens is 1. The Hall–Kier alpha value is -1.68. The second-order valence-corrected chi connectivity index (χ2v) is 5.66. The van der Waals surface area contributed by atoms with Gasteiger partial charge in [-0.1, -0.05) is 60.1 Å². The fraction of sp³-hybridized carbons (Fsp3) is 0.0625. The molecule has 1 unspecified atom stereocenters. The maximum Gasteiger partial charge on any atom is 0.131 e. The molecule has 2 nitrogen and oxygen atoms in total. The Balaban J connectivity index is 1.93. The van der Waals surface area contributed by atoms with Crippen LogP contribution < -0.4 is 0 Å². The summed E-state index contributed by atoms with van der Waals surface area (Å²) >= 11 is 7.60. The van der Waals surface area contributed by atoms with Gasteiger partial charge in [0.2, 0.25) is 0 Å². The van der Waals surface area contributed by atoms with E-state index in [0.717, 1.165) is 16.8 Å². The zero-order chi connectivity index (χ0) is 13.9. The van der Waals surface area contributed by atoms with Crippen LogP contribution in [-0.4, -0.2) is 10.1 Å². The van der Waals surface area contributed by atoms with E-state index in [0.29, 0.717) is 10.0 Å². The van der Waals surface area contributed by atoms with E-state index in [1.807, 2.05) is 60.0 Å². The minimum atomic E-state index is -0.697. The molecule has 4 heteroatoms. The average molecular weight is 302 g/mol. The Labute approximate surface area is 126 Å². The van der Waals surface area contributed by atoms with E-state index in [4.69, 9.17) is 11.6 Å². The van der Waals surface area contributed by atoms with Gasteiger partial charge < -0.3 is 5.11 Å². The van der Waals surface area contributed by atoms with Gasteiger partial charge in [-0.2, -0.15) is 0 Å². The van der Waals surface area contributed by atoms with Crippen LogP contribution in [0.3, 0.4) is 0 Å². The topological polar surface area (TPSA) is 33.1 Å². The number of nitrogens with zero attached hydrogens (tertiary/aromatic N) is 1. The monoisotopic (exact) mass is 301 g/mol. The lowest BCUT2D eigenvalue weighted by atomic mass is 10.1. The van der Waals surface area contributed by atoms with Crippen LogP contribution in [-0.2, 0) is 0 Å². The molecule has 0 aliphatic heterocycles. The predicted octanol–water partition coefficient (Wildman–Crippen LogP) is 4.55. The third-order valence-corrected chi connectivity index (χ3v) is 4.25. The summed E-state index contributed by atoms with van der Waals surface area (Å²) in [4.78, 5) is 4.50. The van der Waals surface area contributed by atoms with Gasteiger partial charge in [0.05, 0.1) is 5.69 Å². The van der Waals surface area contributed by atoms with Gasteiger partial charge in [0, 0.05) is 16.0 Å². The van der Waals surface area contributed by atoms with Crippen molar-refractivity contribution >= 4 is 22.9 Å². The molecule has 100 valence electrons. The molecular formula is C16H12ClNOS. The van der Waals surface area contributed by atoms with E-state index in [2.05, 4.69) is 4.98 Å². The van der Waals surface area contributed by atoms with Crippen molar-refractivity contribution in [2.75, 3.05) is 0 Å². The van der Waals surface area contributed by atoms with Crippen LogP contribution >= 0.6 is 22.9 Å². The molecule has 3 aromatic rings. The van der Waals surface area contributed by atoms with Gasteiger partial charge in [-0.25, -0.2) is 4.98 Å². The lowest BCUT2D eigenvalue weighted by Gasteiger charge is -2.07. The molecule has 1 atom stereocenters. The third-order valence-electron chi connectivity index (χ3n) is 3.02. The smallest absolute Gasteiger partial charge is 0.131 e. The normalized spacial score (nSPS) is 12.3. The summed E-state index contributed by atoms with van der Waals surface area (Å²) in [6.07, 6.45) is -0.697. The van der Waals surface area contributed by atoms with Crippen LogP contribution in [0.1, 0.15) is 16.7 Å². The molecule has 0 fully saturated rings. The molecule has 0 bridgehead atoms. The minimum Gasteiger partial charge on any atom is -0.381 e. The van der Waals surface area contributed by atoms with E-state index in [1.165, 1.54) is 11.3 Å². The molecule has 0 saturated carbocycles. The number of aliphatic hydroxyl groups excluding tert-OH is 1. The molecule has 1 N–H and O–H groups in total. The summed E-state index contributed by atoms with van der Waals surface area (Å²) in [5.74, 6) is 0. The molecule has 0 spiro atoms. The van der Waals surface area contributed by atoms with Crippen LogP contribution in [0.25, 0.3) is 11.3 Å². The summed E-state index contributed by atoms with van der Waals surface area (Å²) < 4.78 is 0. The number of hydrogen-bond donors (Lipinski definition) is 1. The second-order valence-electron chi connectivity index (χ2n) is 4.36. The lowest BCUT2D eigenvalue weighted by Crippen LogP contribution is -1.98. The van der Waals surface area contributed by atoms with E-state index < -0.39 is 6.10 Å². The van der Waals surface area contributed by atoms with Gasteiger partial charge in [-0.15, -0.1) is 11.3 Å². The molecule has 1 aromatic heterocycles. The van der Waals surface area contributed by atoms with Crippen molar-refractivity contribution in [3.8, 4) is 11.3 Å². The SMILES string of the molecule is OC(c1ccccc1)c1nc(-c2ccccc2Cl)cs1. The number of aliphatic hydroxyl groups is 1. The summed E-state index contributed by atoms with van der Waals surface area (Å²) in [5, 5.41) is 13.6. The molecule has 1 heterocycles. The van der Waals surface area contributed by atoms with Crippen molar-refractivity contribution in [1.29, 1.82) is 0 Å². The van der Waals surface area contributed by atoms with Gasteiger partial charge in [0.1, 0.15) is 11.1 Å². The van der Waals surface area contributed by atoms with Gasteiger partial charge in [-0.05, 0) is 11.6 Å². The highest BCUT2D eigenvalue weighted by Crippen LogP contribution is 2.32. The van der Waals surface area contributed by atoms with Crippen molar-refractivity contribution < 1.29 is 5.11 Å². The Morgan fingerprint density at radius 3 is 2.45 bits per heavy atom. The molecule has 0 saturated heterocycles. The first-order valence-corrected chi connectivity index (χ1v) is 7.45. The van der Waals surface area contributed by atoms with Crippen molar-refractivity contribution in [2.24, 2.45) is 0 Å². The van der Waals surface area contributed by atoms with Gasteiger partial charge in [0.25, 0.3) is 0 Å². The maximum atomic E-state index is 10.3. The highest BCUT2D eigenvalue weighted by Gasteiger charge is 2.15. The van der Waals surface area contributed by atoms with Crippen molar-refractivity contribution in [2.45, 2.75) is 6.10 Å². The predicted molar refractivity (Wildman–Crippen MR) is 83.1 cm³/mol. The van der Waals surface area contributed by atoms with E-state index in [1.54, 1.807) is 0 Å². The van der Waals surface area contributed by atoms with Crippen LogP contribution in [0.15, 0.2) is 60.0 Å². The zero-order valence-electron chi connectivity index (χ0n) is 10.5. The Kier molecular flexibility index (Phi) is 3.83. The third kappa shape index (κ3) is 2.61. The molecule has 2 aromatic carbocycles. The summed E-state index contributed by atoms with van der Waals surface area (Å²) in [6, 6.07) is 17.1. The number of halogens is 1. The average Bonchev–Trinajstić information content (AvgIpc) is 2.97. The maximum absolute atomic E-state index is 10.3. The summed E-state index contributed by atoms with van der Waals surface area (Å²) in [5.41, 5.74) is 2.52. The number of thiazole rings is 1. The van der Waals surface area contributed by atoms with Gasteiger partial charge >= 0.3 is 0 Å². The minimum absolute atomic E-state index is 0.665. The lowest BCUT2D eigenvalue weighted by molar-refractivity contribution is 0.220. The van der Waals surface area contributed by atoms with Gasteiger partial charge in [-0.3, -0.25) is 0 Å². The Morgan fingerprint density at radius 2 is 1.70 bits per heavy atom. The molecule has 3 rings (SSSR count). The molecule has 0 aliphatic carbocycles. The standard InChI is InChI=1S/C16H12ClNOS/c17-13-9-5-4-8-12(13)14-10-20-16(18-14)15(19)11-6-2-1-3-7-11/h1-10,15,19H. The van der Waals surface area contributed by atoms with Gasteiger partial charge in [0.15, 0.2) is 0 Å². The zero-order valence-corrected chi connectivity index (χ0v) is 12.1. The van der Waals surface area contributed by atoms with Crippen LogP contribution in [0.4, 0.5) is 0 Å². The van der Waals surface area contributed by atoms with Crippen molar-refractivity contribution in [3.63, 3.8) is 0 Å². The van der Waals surface area contributed by atoms with Crippen LogP contribution in [0.2, 0.25) is 5.02 Å². The fourth-order valence-electron chi connectivity index (χ4n) is 1.98. The summed E-state index contributed by atoms with van der Waals surface area (Å²) in [7, 11) is 0. The number of hydrogen-bond acceptors (Lipinski definition) is 3. The van der Waals surface area contributed by atoms with E-state index in [9.17, 15) is 5.11 Å². The first-order chi connectivity index (χ1) is 9.75. The van der Waals surface area contributed by atoms with E-state index in [-0.39, 0.29) is 0 Å². The highest BCUT2D eigenvalue weighted by atomic mass is 35.5. The number of benzene rings is 2. The largest absolute Gasteiger partial charge is 0.381 e. The van der Waals surface area contributed by atoms with Crippen molar-refractivity contribution in [1.82, 2.24) is 4.98 Å². The quantitative estimate of drug-likeness (QED) is 0.770. The first-order valence-electron chi connectivity index (χ1n) is 6.19. The van der Waals surface area contributed by atoms with Crippen LogP contribution in [0, 0.1) is 0 Å². The fourth-order valence-corrected chi connectivity index (χ4v) is 3.04.